The number of furan rings is 1. The van der Waals surface area contributed by atoms with Crippen molar-refractivity contribution in [1.29, 1.82) is 0 Å². The van der Waals surface area contributed by atoms with Crippen LogP contribution in [0.15, 0.2) is 23.0 Å². The maximum absolute atomic E-state index is 11.9. The maximum atomic E-state index is 11.9. The standard InChI is InChI=1S/C13H15N3O3/c1-2-19-13(17)11-12(10-3-4-10)16(15-14-11)7-9-5-6-18-8-9/h5-6,8,10H,2-4,7H2,1H3. The van der Waals surface area contributed by atoms with Gasteiger partial charge in [0.25, 0.3) is 0 Å². The fourth-order valence-corrected chi connectivity index (χ4v) is 2.10. The first-order valence-corrected chi connectivity index (χ1v) is 6.41. The highest BCUT2D eigenvalue weighted by molar-refractivity contribution is 5.88. The summed E-state index contributed by atoms with van der Waals surface area (Å²) < 4.78 is 11.8. The molecule has 0 aromatic carbocycles. The topological polar surface area (TPSA) is 70.2 Å². The van der Waals surface area contributed by atoms with Gasteiger partial charge in [0.2, 0.25) is 0 Å². The number of carbonyl (C=O) groups is 1. The molecule has 0 radical (unpaired) electrons. The van der Waals surface area contributed by atoms with Gasteiger partial charge in [-0.2, -0.15) is 0 Å². The van der Waals surface area contributed by atoms with Crippen LogP contribution in [0.2, 0.25) is 0 Å². The van der Waals surface area contributed by atoms with E-state index in [1.54, 1.807) is 24.1 Å². The second-order valence-corrected chi connectivity index (χ2v) is 4.61. The number of esters is 1. The van der Waals surface area contributed by atoms with Crippen LogP contribution < -0.4 is 0 Å². The number of aromatic nitrogens is 3. The lowest BCUT2D eigenvalue weighted by Crippen LogP contribution is -2.10. The average molecular weight is 261 g/mol. The van der Waals surface area contributed by atoms with E-state index >= 15 is 0 Å². The number of ether oxygens (including phenoxy) is 1. The quantitative estimate of drug-likeness (QED) is 0.769. The summed E-state index contributed by atoms with van der Waals surface area (Å²) in [5.41, 5.74) is 2.25. The molecule has 0 saturated heterocycles. The molecule has 0 bridgehead atoms. The van der Waals surface area contributed by atoms with Crippen LogP contribution in [0.25, 0.3) is 0 Å². The summed E-state index contributed by atoms with van der Waals surface area (Å²) in [6, 6.07) is 1.88. The van der Waals surface area contributed by atoms with Crippen molar-refractivity contribution in [1.82, 2.24) is 15.0 Å². The zero-order valence-corrected chi connectivity index (χ0v) is 10.7. The molecule has 0 amide bonds. The van der Waals surface area contributed by atoms with E-state index in [1.165, 1.54) is 0 Å². The highest BCUT2D eigenvalue weighted by atomic mass is 16.5. The lowest BCUT2D eigenvalue weighted by atomic mass is 10.2. The van der Waals surface area contributed by atoms with Gasteiger partial charge in [-0.15, -0.1) is 5.10 Å². The summed E-state index contributed by atoms with van der Waals surface area (Å²) in [6.45, 7) is 2.69. The third-order valence-corrected chi connectivity index (χ3v) is 3.12. The molecule has 6 heteroatoms. The highest BCUT2D eigenvalue weighted by Crippen LogP contribution is 2.41. The summed E-state index contributed by atoms with van der Waals surface area (Å²) in [7, 11) is 0. The molecule has 0 N–H and O–H groups in total. The van der Waals surface area contributed by atoms with Crippen LogP contribution in [0.5, 0.6) is 0 Å². The highest BCUT2D eigenvalue weighted by Gasteiger charge is 2.34. The predicted octanol–water partition coefficient (Wildman–Crippen LogP) is 1.97. The molecular weight excluding hydrogens is 246 g/mol. The molecule has 0 unspecified atom stereocenters. The van der Waals surface area contributed by atoms with Crippen LogP contribution in [0.1, 0.15) is 47.4 Å². The largest absolute Gasteiger partial charge is 0.472 e. The molecule has 1 aliphatic carbocycles. The molecule has 1 aliphatic rings. The van der Waals surface area contributed by atoms with Gasteiger partial charge < -0.3 is 9.15 Å². The van der Waals surface area contributed by atoms with Crippen molar-refractivity contribution < 1.29 is 13.9 Å². The van der Waals surface area contributed by atoms with Crippen LogP contribution in [-0.4, -0.2) is 27.6 Å². The third kappa shape index (κ3) is 2.38. The molecular formula is C13H15N3O3. The maximum Gasteiger partial charge on any atom is 0.360 e. The number of rotatable bonds is 5. The minimum Gasteiger partial charge on any atom is -0.472 e. The zero-order chi connectivity index (χ0) is 13.2. The van der Waals surface area contributed by atoms with Crippen LogP contribution in [0.3, 0.4) is 0 Å². The Bertz CT molecular complexity index is 570. The van der Waals surface area contributed by atoms with E-state index < -0.39 is 0 Å². The van der Waals surface area contributed by atoms with E-state index in [-0.39, 0.29) is 5.97 Å². The van der Waals surface area contributed by atoms with E-state index in [1.807, 2.05) is 6.07 Å². The van der Waals surface area contributed by atoms with E-state index in [4.69, 9.17) is 9.15 Å². The zero-order valence-electron chi connectivity index (χ0n) is 10.7. The summed E-state index contributed by atoms with van der Waals surface area (Å²) in [5, 5.41) is 8.06. The van der Waals surface area contributed by atoms with Gasteiger partial charge in [0.05, 0.1) is 31.4 Å². The van der Waals surface area contributed by atoms with Crippen molar-refractivity contribution in [2.45, 2.75) is 32.2 Å². The van der Waals surface area contributed by atoms with Crippen molar-refractivity contribution in [3.63, 3.8) is 0 Å². The Balaban J connectivity index is 1.90. The van der Waals surface area contributed by atoms with Crippen molar-refractivity contribution in [2.24, 2.45) is 0 Å². The van der Waals surface area contributed by atoms with Crippen molar-refractivity contribution in [3.8, 4) is 0 Å². The second-order valence-electron chi connectivity index (χ2n) is 4.61. The molecule has 19 heavy (non-hydrogen) atoms. The molecule has 6 nitrogen and oxygen atoms in total. The number of hydrogen-bond donors (Lipinski definition) is 0. The van der Waals surface area contributed by atoms with Gasteiger partial charge in [-0.25, -0.2) is 9.48 Å². The summed E-state index contributed by atoms with van der Waals surface area (Å²) in [6.07, 6.45) is 5.44. The van der Waals surface area contributed by atoms with E-state index in [2.05, 4.69) is 10.3 Å². The minimum absolute atomic E-state index is 0.345. The average Bonchev–Trinajstić information content (AvgIpc) is 2.95. The summed E-state index contributed by atoms with van der Waals surface area (Å²) in [5.74, 6) is -0.0100. The van der Waals surface area contributed by atoms with Crippen molar-refractivity contribution in [3.05, 3.63) is 35.5 Å². The van der Waals surface area contributed by atoms with Crippen molar-refractivity contribution >= 4 is 5.97 Å². The molecule has 2 aromatic heterocycles. The third-order valence-electron chi connectivity index (χ3n) is 3.12. The van der Waals surface area contributed by atoms with Gasteiger partial charge >= 0.3 is 5.97 Å². The Morgan fingerprint density at radius 1 is 1.58 bits per heavy atom. The van der Waals surface area contributed by atoms with Crippen LogP contribution in [0.4, 0.5) is 0 Å². The molecule has 2 aromatic rings. The fraction of sp³-hybridized carbons (Fsp3) is 0.462. The van der Waals surface area contributed by atoms with E-state index in [9.17, 15) is 4.79 Å². The van der Waals surface area contributed by atoms with Gasteiger partial charge in [0.1, 0.15) is 0 Å². The molecule has 0 aliphatic heterocycles. The molecule has 100 valence electrons. The first-order valence-electron chi connectivity index (χ1n) is 6.41. The Hall–Kier alpha value is -2.11. The van der Waals surface area contributed by atoms with Crippen molar-refractivity contribution in [2.75, 3.05) is 6.61 Å². The van der Waals surface area contributed by atoms with E-state index in [0.29, 0.717) is 24.8 Å². The number of carbonyl (C=O) groups excluding carboxylic acids is 1. The van der Waals surface area contributed by atoms with Gasteiger partial charge in [0, 0.05) is 11.5 Å². The molecule has 0 atom stereocenters. The summed E-state index contributed by atoms with van der Waals surface area (Å²) >= 11 is 0. The smallest absolute Gasteiger partial charge is 0.360 e. The molecule has 1 saturated carbocycles. The van der Waals surface area contributed by atoms with Gasteiger partial charge in [0.15, 0.2) is 5.69 Å². The lowest BCUT2D eigenvalue weighted by Gasteiger charge is -2.05. The first kappa shape index (κ1) is 12.0. The number of nitrogens with zero attached hydrogens (tertiary/aromatic N) is 3. The summed E-state index contributed by atoms with van der Waals surface area (Å²) in [4.78, 5) is 11.9. The molecule has 1 fully saturated rings. The molecule has 3 rings (SSSR count). The van der Waals surface area contributed by atoms with E-state index in [0.717, 1.165) is 24.1 Å². The number of hydrogen-bond acceptors (Lipinski definition) is 5. The van der Waals surface area contributed by atoms with Gasteiger partial charge in [-0.05, 0) is 25.8 Å². The normalized spacial score (nSPS) is 14.6. The van der Waals surface area contributed by atoms with Gasteiger partial charge in [-0.3, -0.25) is 0 Å². The fourth-order valence-electron chi connectivity index (χ4n) is 2.10. The van der Waals surface area contributed by atoms with Crippen LogP contribution in [-0.2, 0) is 11.3 Å². The molecule has 2 heterocycles. The second kappa shape index (κ2) is 4.87. The monoisotopic (exact) mass is 261 g/mol. The Labute approximate surface area is 110 Å². The van der Waals surface area contributed by atoms with Crippen LogP contribution >= 0.6 is 0 Å². The predicted molar refractivity (Wildman–Crippen MR) is 65.8 cm³/mol. The Morgan fingerprint density at radius 3 is 3.05 bits per heavy atom. The SMILES string of the molecule is CCOC(=O)c1nnn(Cc2ccoc2)c1C1CC1. The first-order chi connectivity index (χ1) is 9.29. The van der Waals surface area contributed by atoms with Crippen LogP contribution in [0, 0.1) is 0 Å². The molecule has 0 spiro atoms. The van der Waals surface area contributed by atoms with Gasteiger partial charge in [-0.1, -0.05) is 5.21 Å². The Kier molecular flexibility index (Phi) is 3.06. The lowest BCUT2D eigenvalue weighted by molar-refractivity contribution is 0.0518. The Morgan fingerprint density at radius 2 is 2.42 bits per heavy atom. The minimum atomic E-state index is -0.386.